The van der Waals surface area contributed by atoms with Gasteiger partial charge in [-0.1, -0.05) is 52.4 Å². The van der Waals surface area contributed by atoms with Crippen molar-refractivity contribution in [3.05, 3.63) is 0 Å². The third kappa shape index (κ3) is 4.84. The van der Waals surface area contributed by atoms with Gasteiger partial charge in [0.05, 0.1) is 5.66 Å². The molecule has 1 saturated carbocycles. The first kappa shape index (κ1) is 14.0. The molecule has 0 bridgehead atoms. The molecule has 0 aromatic heterocycles. The predicted molar refractivity (Wildman–Crippen MR) is 71.1 cm³/mol. The first-order valence-corrected chi connectivity index (χ1v) is 7.05. The molecule has 0 saturated heterocycles. The number of nitrogens with two attached hydrogens (primary N) is 2. The molecule has 1 aliphatic carbocycles. The summed E-state index contributed by atoms with van der Waals surface area (Å²) in [4.78, 5) is 0. The SMILES string of the molecule is CC[C@]1(C)CCCCCC(N)(N)CCCC1. The van der Waals surface area contributed by atoms with Crippen LogP contribution < -0.4 is 11.5 Å². The van der Waals surface area contributed by atoms with Gasteiger partial charge in [0.15, 0.2) is 0 Å². The van der Waals surface area contributed by atoms with Crippen LogP contribution in [-0.4, -0.2) is 5.66 Å². The van der Waals surface area contributed by atoms with Crippen molar-refractivity contribution in [2.75, 3.05) is 0 Å². The van der Waals surface area contributed by atoms with Gasteiger partial charge in [-0.25, -0.2) is 0 Å². The molecule has 4 N–H and O–H groups in total. The molecule has 96 valence electrons. The summed E-state index contributed by atoms with van der Waals surface area (Å²) in [5.74, 6) is 0. The normalized spacial score (nSPS) is 33.0. The smallest absolute Gasteiger partial charge is 0.0636 e. The largest absolute Gasteiger partial charge is 0.313 e. The molecule has 0 radical (unpaired) electrons. The molecule has 1 atom stereocenters. The maximum Gasteiger partial charge on any atom is 0.0636 e. The van der Waals surface area contributed by atoms with Crippen molar-refractivity contribution in [1.82, 2.24) is 0 Å². The molecule has 1 aliphatic rings. The van der Waals surface area contributed by atoms with Gasteiger partial charge in [0.2, 0.25) is 0 Å². The van der Waals surface area contributed by atoms with E-state index in [4.69, 9.17) is 11.5 Å². The monoisotopic (exact) mass is 226 g/mol. The third-order valence-corrected chi connectivity index (χ3v) is 4.45. The first-order chi connectivity index (χ1) is 7.47. The van der Waals surface area contributed by atoms with Gasteiger partial charge in [-0.2, -0.15) is 0 Å². The lowest BCUT2D eigenvalue weighted by Gasteiger charge is -2.28. The Labute approximate surface area is 101 Å². The second kappa shape index (κ2) is 6.02. The molecule has 0 aromatic carbocycles. The predicted octanol–water partition coefficient (Wildman–Crippen LogP) is 3.54. The van der Waals surface area contributed by atoms with Crippen LogP contribution in [0.2, 0.25) is 0 Å². The van der Waals surface area contributed by atoms with E-state index in [0.29, 0.717) is 5.41 Å². The minimum Gasteiger partial charge on any atom is -0.313 e. The summed E-state index contributed by atoms with van der Waals surface area (Å²) in [6, 6.07) is 0. The summed E-state index contributed by atoms with van der Waals surface area (Å²) >= 11 is 0. The number of rotatable bonds is 1. The van der Waals surface area contributed by atoms with Gasteiger partial charge < -0.3 is 11.5 Å². The van der Waals surface area contributed by atoms with Crippen LogP contribution in [0.15, 0.2) is 0 Å². The van der Waals surface area contributed by atoms with E-state index in [-0.39, 0.29) is 0 Å². The van der Waals surface area contributed by atoms with E-state index >= 15 is 0 Å². The summed E-state index contributed by atoms with van der Waals surface area (Å²) in [7, 11) is 0. The van der Waals surface area contributed by atoms with Crippen LogP contribution in [0.3, 0.4) is 0 Å². The molecule has 0 heterocycles. The zero-order valence-corrected chi connectivity index (χ0v) is 11.2. The van der Waals surface area contributed by atoms with Crippen molar-refractivity contribution in [1.29, 1.82) is 0 Å². The van der Waals surface area contributed by atoms with Crippen molar-refractivity contribution >= 4 is 0 Å². The maximum absolute atomic E-state index is 6.10. The molecule has 1 fully saturated rings. The fourth-order valence-corrected chi connectivity index (χ4v) is 2.79. The van der Waals surface area contributed by atoms with Gasteiger partial charge in [-0.3, -0.25) is 0 Å². The quantitative estimate of drug-likeness (QED) is 0.672. The fraction of sp³-hybridized carbons (Fsp3) is 1.00. The Balaban J connectivity index is 2.48. The topological polar surface area (TPSA) is 52.0 Å². The first-order valence-electron chi connectivity index (χ1n) is 7.05. The molecule has 1 rings (SSSR count). The lowest BCUT2D eigenvalue weighted by Crippen LogP contribution is -2.49. The van der Waals surface area contributed by atoms with E-state index in [2.05, 4.69) is 13.8 Å². The minimum absolute atomic E-state index is 0.396. The van der Waals surface area contributed by atoms with Crippen molar-refractivity contribution in [2.24, 2.45) is 16.9 Å². The second-order valence-electron chi connectivity index (χ2n) is 6.17. The van der Waals surface area contributed by atoms with Crippen molar-refractivity contribution in [2.45, 2.75) is 83.7 Å². The maximum atomic E-state index is 6.10. The number of hydrogen-bond donors (Lipinski definition) is 2. The van der Waals surface area contributed by atoms with Crippen molar-refractivity contribution in [3.8, 4) is 0 Å². The molecule has 0 aromatic rings. The highest BCUT2D eigenvalue weighted by Gasteiger charge is 2.24. The Kier molecular flexibility index (Phi) is 5.26. The van der Waals surface area contributed by atoms with E-state index in [1.165, 1.54) is 51.4 Å². The van der Waals surface area contributed by atoms with Crippen LogP contribution >= 0.6 is 0 Å². The molecule has 16 heavy (non-hydrogen) atoms. The van der Waals surface area contributed by atoms with E-state index < -0.39 is 5.66 Å². The summed E-state index contributed by atoms with van der Waals surface area (Å²) in [5, 5.41) is 0. The highest BCUT2D eigenvalue weighted by atomic mass is 14.9. The molecular weight excluding hydrogens is 196 g/mol. The fourth-order valence-electron chi connectivity index (χ4n) is 2.79. The van der Waals surface area contributed by atoms with Crippen LogP contribution in [0.5, 0.6) is 0 Å². The molecule has 2 nitrogen and oxygen atoms in total. The van der Waals surface area contributed by atoms with Gasteiger partial charge in [-0.15, -0.1) is 0 Å². The minimum atomic E-state index is -0.396. The van der Waals surface area contributed by atoms with Crippen LogP contribution in [0.4, 0.5) is 0 Å². The third-order valence-electron chi connectivity index (χ3n) is 4.45. The van der Waals surface area contributed by atoms with Crippen LogP contribution in [0.25, 0.3) is 0 Å². The summed E-state index contributed by atoms with van der Waals surface area (Å²) < 4.78 is 0. The summed E-state index contributed by atoms with van der Waals surface area (Å²) in [6.07, 6.45) is 12.4. The summed E-state index contributed by atoms with van der Waals surface area (Å²) in [5.41, 5.74) is 12.4. The lowest BCUT2D eigenvalue weighted by molar-refractivity contribution is 0.243. The van der Waals surface area contributed by atoms with Crippen molar-refractivity contribution < 1.29 is 0 Å². The van der Waals surface area contributed by atoms with Gasteiger partial charge in [0, 0.05) is 0 Å². The van der Waals surface area contributed by atoms with Gasteiger partial charge in [-0.05, 0) is 31.1 Å². The molecule has 0 aliphatic heterocycles. The van der Waals surface area contributed by atoms with E-state index in [1.807, 2.05) is 0 Å². The lowest BCUT2D eigenvalue weighted by atomic mass is 9.78. The van der Waals surface area contributed by atoms with Crippen molar-refractivity contribution in [3.63, 3.8) is 0 Å². The Hall–Kier alpha value is -0.0800. The highest BCUT2D eigenvalue weighted by Crippen LogP contribution is 2.35. The van der Waals surface area contributed by atoms with Gasteiger partial charge >= 0.3 is 0 Å². The zero-order chi connectivity index (χ0) is 12.1. The second-order valence-corrected chi connectivity index (χ2v) is 6.17. The van der Waals surface area contributed by atoms with E-state index in [0.717, 1.165) is 12.8 Å². The average Bonchev–Trinajstić information content (AvgIpc) is 2.26. The standard InChI is InChI=1S/C14H30N2/c1-3-13(2)9-5-4-6-11-14(15,16)12-8-7-10-13/h3-12,15-16H2,1-2H3/t13-/m1/s1. The molecule has 0 spiro atoms. The van der Waals surface area contributed by atoms with E-state index in [9.17, 15) is 0 Å². The molecule has 0 amide bonds. The zero-order valence-electron chi connectivity index (χ0n) is 11.2. The van der Waals surface area contributed by atoms with Crippen LogP contribution in [-0.2, 0) is 0 Å². The molecule has 2 heteroatoms. The van der Waals surface area contributed by atoms with E-state index in [1.54, 1.807) is 0 Å². The van der Waals surface area contributed by atoms with Gasteiger partial charge in [0.25, 0.3) is 0 Å². The Bertz CT molecular complexity index is 201. The van der Waals surface area contributed by atoms with Crippen LogP contribution in [0.1, 0.15) is 78.1 Å². The molecule has 0 unspecified atom stereocenters. The average molecular weight is 226 g/mol. The Morgan fingerprint density at radius 3 is 1.81 bits per heavy atom. The Morgan fingerprint density at radius 1 is 0.812 bits per heavy atom. The highest BCUT2D eigenvalue weighted by molar-refractivity contribution is 4.79. The summed E-state index contributed by atoms with van der Waals surface area (Å²) in [6.45, 7) is 4.78. The number of hydrogen-bond acceptors (Lipinski definition) is 2. The van der Waals surface area contributed by atoms with Crippen LogP contribution in [0, 0.1) is 5.41 Å². The Morgan fingerprint density at radius 2 is 1.25 bits per heavy atom. The van der Waals surface area contributed by atoms with Gasteiger partial charge in [0.1, 0.15) is 0 Å². The molecular formula is C14H30N2.